The summed E-state index contributed by atoms with van der Waals surface area (Å²) in [5.41, 5.74) is 25.6. The molecule has 90 heavy (non-hydrogen) atoms. The van der Waals surface area contributed by atoms with Crippen molar-refractivity contribution in [3.8, 4) is 5.75 Å². The van der Waals surface area contributed by atoms with Crippen LogP contribution in [0.2, 0.25) is 0 Å². The number of aliphatic carboxylic acids is 1. The first kappa shape index (κ1) is 76.1. The molecule has 1 heterocycles. The molecule has 0 radical (unpaired) electrons. The van der Waals surface area contributed by atoms with Gasteiger partial charge in [0.2, 0.25) is 59.1 Å². The Morgan fingerprint density at radius 2 is 1.10 bits per heavy atom. The molecule has 9 atom stereocenters. The number of phenolic OH excluding ortho intramolecular Hbond substituents is 1. The van der Waals surface area contributed by atoms with Crippen LogP contribution in [0, 0.1) is 5.92 Å². The zero-order chi connectivity index (χ0) is 66.5. The number of fused-ring (bicyclic) bond motifs is 1. The maximum absolute atomic E-state index is 14.4. The molecule has 0 saturated heterocycles. The second-order valence-corrected chi connectivity index (χ2v) is 23.1. The molecular weight excluding hydrogens is 1160 g/mol. The second kappa shape index (κ2) is 41.9. The van der Waals surface area contributed by atoms with E-state index in [1.165, 1.54) is 76.1 Å². The quantitative estimate of drug-likeness (QED) is 0.0354. The number of rotatable bonds is 46. The zero-order valence-electron chi connectivity index (χ0n) is 52.8. The summed E-state index contributed by atoms with van der Waals surface area (Å²) < 4.78 is 0. The lowest BCUT2D eigenvalue weighted by Gasteiger charge is -2.30. The van der Waals surface area contributed by atoms with Crippen molar-refractivity contribution in [1.29, 1.82) is 0 Å². The Hall–Kier alpha value is -8.17. The summed E-state index contributed by atoms with van der Waals surface area (Å²) in [4.78, 5) is 151. The van der Waals surface area contributed by atoms with Gasteiger partial charge in [0.25, 0.3) is 0 Å². The fourth-order valence-electron chi connectivity index (χ4n) is 9.97. The molecule has 1 aromatic heterocycles. The highest BCUT2D eigenvalue weighted by Crippen LogP contribution is 2.20. The normalized spacial score (nSPS) is 14.2. The van der Waals surface area contributed by atoms with Crippen LogP contribution in [-0.2, 0) is 65.6 Å². The highest BCUT2D eigenvalue weighted by Gasteiger charge is 2.37. The van der Waals surface area contributed by atoms with E-state index in [9.17, 15) is 63.0 Å². The number of nitrogens with one attached hydrogen (secondary N) is 10. The Morgan fingerprint density at radius 3 is 1.72 bits per heavy atom. The molecule has 27 heteroatoms. The van der Waals surface area contributed by atoms with E-state index in [2.05, 4.69) is 59.8 Å². The Labute approximate surface area is 527 Å². The first-order valence-corrected chi connectivity index (χ1v) is 31.7. The number of carboxylic acid groups (broad SMARTS) is 1. The highest BCUT2D eigenvalue weighted by atomic mass is 16.4. The number of amides is 10. The van der Waals surface area contributed by atoms with Gasteiger partial charge in [-0.1, -0.05) is 122 Å². The average molecular weight is 1260 g/mol. The predicted molar refractivity (Wildman–Crippen MR) is 340 cm³/mol. The van der Waals surface area contributed by atoms with Crippen molar-refractivity contribution in [2.45, 2.75) is 211 Å². The Balaban J connectivity index is 1.72. The van der Waals surface area contributed by atoms with Crippen LogP contribution in [0.25, 0.3) is 10.9 Å². The summed E-state index contributed by atoms with van der Waals surface area (Å²) >= 11 is 0. The van der Waals surface area contributed by atoms with Gasteiger partial charge in [-0.2, -0.15) is 0 Å². The monoisotopic (exact) mass is 1260 g/mol. The third-order valence-corrected chi connectivity index (χ3v) is 15.5. The third-order valence-electron chi connectivity index (χ3n) is 15.5. The molecule has 0 aliphatic rings. The molecule has 0 bridgehead atoms. The van der Waals surface area contributed by atoms with Crippen LogP contribution in [0.1, 0.15) is 161 Å². The summed E-state index contributed by atoms with van der Waals surface area (Å²) in [5, 5.41) is 43.0. The number of unbranched alkanes of at least 4 members (excludes halogenated alkanes) is 11. The minimum Gasteiger partial charge on any atom is -0.508 e. The first-order valence-electron chi connectivity index (χ1n) is 31.7. The Kier molecular flexibility index (Phi) is 35.4. The molecule has 0 fully saturated rings. The van der Waals surface area contributed by atoms with E-state index >= 15 is 0 Å². The predicted octanol–water partition coefficient (Wildman–Crippen LogP) is 1.21. The smallest absolute Gasteiger partial charge is 0.325 e. The van der Waals surface area contributed by atoms with E-state index in [0.29, 0.717) is 31.2 Å². The van der Waals surface area contributed by atoms with E-state index in [0.717, 1.165) is 35.7 Å². The Bertz CT molecular complexity index is 2780. The van der Waals surface area contributed by atoms with Gasteiger partial charge in [-0.15, -0.1) is 0 Å². The molecule has 2 aromatic carbocycles. The second-order valence-electron chi connectivity index (χ2n) is 23.1. The molecule has 20 N–H and O–H groups in total. The zero-order valence-corrected chi connectivity index (χ0v) is 52.8. The van der Waals surface area contributed by atoms with Crippen LogP contribution in [0.3, 0.4) is 0 Å². The fourth-order valence-corrected chi connectivity index (χ4v) is 9.97. The van der Waals surface area contributed by atoms with Crippen molar-refractivity contribution in [3.63, 3.8) is 0 Å². The molecular formula is C63H100N14O13. The maximum atomic E-state index is 14.4. The number of aromatic amines is 1. The number of carbonyl (C=O) groups excluding carboxylic acids is 10. The van der Waals surface area contributed by atoms with E-state index in [1.807, 2.05) is 24.3 Å². The van der Waals surface area contributed by atoms with Gasteiger partial charge in [0.15, 0.2) is 0 Å². The van der Waals surface area contributed by atoms with Gasteiger partial charge in [-0.25, -0.2) is 0 Å². The number of para-hydroxylation sites is 1. The van der Waals surface area contributed by atoms with Crippen LogP contribution in [-0.4, -0.2) is 155 Å². The van der Waals surface area contributed by atoms with E-state index in [1.54, 1.807) is 20.0 Å². The number of carbonyl (C=O) groups is 11. The van der Waals surface area contributed by atoms with Gasteiger partial charge >= 0.3 is 5.97 Å². The lowest BCUT2D eigenvalue weighted by molar-refractivity contribution is -0.142. The van der Waals surface area contributed by atoms with Crippen LogP contribution in [0.15, 0.2) is 54.7 Å². The van der Waals surface area contributed by atoms with Crippen molar-refractivity contribution < 1.29 is 63.0 Å². The molecule has 0 aliphatic heterocycles. The lowest BCUT2D eigenvalue weighted by atomic mass is 9.97. The number of hydrogen-bond acceptors (Lipinski definition) is 15. The van der Waals surface area contributed by atoms with E-state index in [-0.39, 0.29) is 63.3 Å². The van der Waals surface area contributed by atoms with Crippen molar-refractivity contribution in [2.75, 3.05) is 26.2 Å². The molecule has 3 rings (SSSR count). The van der Waals surface area contributed by atoms with Gasteiger partial charge in [-0.3, -0.25) is 52.7 Å². The number of hydrogen-bond donors (Lipinski definition) is 16. The topological polar surface area (TPSA) is 456 Å². The summed E-state index contributed by atoms with van der Waals surface area (Å²) in [5.74, 6) is -10.3. The van der Waals surface area contributed by atoms with Crippen molar-refractivity contribution >= 4 is 75.9 Å². The summed E-state index contributed by atoms with van der Waals surface area (Å²) in [7, 11) is 0. The van der Waals surface area contributed by atoms with Crippen LogP contribution in [0.4, 0.5) is 0 Å². The van der Waals surface area contributed by atoms with Gasteiger partial charge in [-0.05, 0) is 93.8 Å². The summed E-state index contributed by atoms with van der Waals surface area (Å²) in [6, 6.07) is 1.91. The molecule has 3 aromatic rings. The van der Waals surface area contributed by atoms with Crippen LogP contribution in [0.5, 0.6) is 5.75 Å². The SMILES string of the molecule is CCCCCCCCCCCCCC(=O)N[C@@H](Cc1c[nH]c2ccccc12)C(=O)NCC(=O)NCC(=O)N[C@H](C(=O)N[C@@H](CCCCN)C(=O)N[C@H](C(=O)N[C@@H](CC(N)=O)C(=O)N[C@@H](Cc1ccc(O)cc1)C(=O)N[C@@H](C)C(=O)O)C(N)CCCN)[C@@H](C)CC. The number of carboxylic acids is 1. The molecule has 0 aliphatic carbocycles. The number of phenols is 1. The highest BCUT2D eigenvalue weighted by molar-refractivity contribution is 5.99. The maximum Gasteiger partial charge on any atom is 0.325 e. The number of benzene rings is 2. The largest absolute Gasteiger partial charge is 0.508 e. The lowest BCUT2D eigenvalue weighted by Crippen LogP contribution is -2.63. The number of aromatic nitrogens is 1. The van der Waals surface area contributed by atoms with E-state index in [4.69, 9.17) is 22.9 Å². The average Bonchev–Trinajstić information content (AvgIpc) is 1.99. The van der Waals surface area contributed by atoms with Crippen LogP contribution < -0.4 is 70.8 Å². The van der Waals surface area contributed by atoms with E-state index < -0.39 is 133 Å². The minimum absolute atomic E-state index is 0.0203. The van der Waals surface area contributed by atoms with Crippen molar-refractivity contribution in [3.05, 3.63) is 65.9 Å². The van der Waals surface area contributed by atoms with Gasteiger partial charge in [0.1, 0.15) is 48.0 Å². The minimum atomic E-state index is -1.78. The first-order chi connectivity index (χ1) is 43.0. The number of nitrogens with two attached hydrogens (primary N) is 4. The summed E-state index contributed by atoms with van der Waals surface area (Å²) in [6.07, 6.45) is 14.8. The molecule has 1 unspecified atom stereocenters. The summed E-state index contributed by atoms with van der Waals surface area (Å²) in [6.45, 7) is 6.02. The molecule has 10 amide bonds. The van der Waals surface area contributed by atoms with Gasteiger partial charge in [0, 0.05) is 42.4 Å². The standard InChI is InChI=1S/C63H100N14O13/c1-5-7-8-9-10-11-12-13-14-15-16-26-52(80)72-49(34-42-36-68-46-24-18-17-22-44(42)46)57(83)70-37-53(81)69-38-54(82)76-55(39(3)6-2)61(87)73-47(25-19-20-31-64)58(84)77-56(45(66)23-21-32-65)62(88)75-50(35-51(67)79)60(86)74-48(59(85)71-40(4)63(89)90)33-41-27-29-43(78)30-28-41/h17-18,22,24,27-30,36,39-40,45,47-50,55-56,68,78H,5-16,19-21,23,25-26,31-35,37-38,64-66H2,1-4H3,(H2,67,79)(H,69,81)(H,70,83)(H,71,85)(H,72,80)(H,73,87)(H,74,86)(H,75,88)(H,76,82)(H,77,84)(H,89,90)/t39-,40-,45?,47-,48-,49-,50-,55-,56-/m0/s1. The molecule has 0 saturated carbocycles. The number of aromatic hydroxyl groups is 1. The number of primary amides is 1. The van der Waals surface area contributed by atoms with Crippen molar-refractivity contribution in [1.82, 2.24) is 52.8 Å². The Morgan fingerprint density at radius 1 is 0.533 bits per heavy atom. The number of H-pyrrole nitrogens is 1. The molecule has 27 nitrogen and oxygen atoms in total. The fraction of sp³-hybridized carbons (Fsp3) is 0.603. The van der Waals surface area contributed by atoms with Crippen molar-refractivity contribution in [2.24, 2.45) is 28.9 Å². The van der Waals surface area contributed by atoms with Crippen LogP contribution >= 0.6 is 0 Å². The van der Waals surface area contributed by atoms with Gasteiger partial charge in [0.05, 0.1) is 19.5 Å². The molecule has 500 valence electrons. The third kappa shape index (κ3) is 28.5. The van der Waals surface area contributed by atoms with Gasteiger partial charge < -0.3 is 86.0 Å². The molecule has 0 spiro atoms.